The molecule has 3 N–H and O–H groups in total. The van der Waals surface area contributed by atoms with Gasteiger partial charge in [0, 0.05) is 6.07 Å². The minimum Gasteiger partial charge on any atom is -0.438 e. The van der Waals surface area contributed by atoms with Gasteiger partial charge in [-0.15, -0.1) is 0 Å². The van der Waals surface area contributed by atoms with Crippen LogP contribution in [0.5, 0.6) is 11.6 Å². The van der Waals surface area contributed by atoms with Crippen molar-refractivity contribution in [3.63, 3.8) is 0 Å². The third-order valence-electron chi connectivity index (χ3n) is 2.23. The molecule has 0 atom stereocenters. The summed E-state index contributed by atoms with van der Waals surface area (Å²) in [6, 6.07) is 4.04. The molecule has 0 aliphatic rings. The first-order valence-electron chi connectivity index (χ1n) is 5.35. The van der Waals surface area contributed by atoms with E-state index in [2.05, 4.69) is 25.9 Å². The smallest absolute Gasteiger partial charge is 0.433 e. The molecule has 0 fully saturated rings. The molecular weight excluding hydrogens is 360 g/mol. The fourth-order valence-corrected chi connectivity index (χ4v) is 1.79. The van der Waals surface area contributed by atoms with Crippen LogP contribution in [0.15, 0.2) is 28.7 Å². The summed E-state index contributed by atoms with van der Waals surface area (Å²) in [6.07, 6.45) is -4.69. The molecule has 0 aliphatic carbocycles. The normalized spacial score (nSPS) is 11.3. The van der Waals surface area contributed by atoms with Crippen molar-refractivity contribution in [3.8, 4) is 11.6 Å². The van der Waals surface area contributed by atoms with E-state index in [9.17, 15) is 17.6 Å². The van der Waals surface area contributed by atoms with Crippen LogP contribution in [-0.4, -0.2) is 9.97 Å². The summed E-state index contributed by atoms with van der Waals surface area (Å²) in [5.41, 5.74) is 0.692. The first kappa shape index (κ1) is 15.4. The van der Waals surface area contributed by atoms with E-state index in [0.717, 1.165) is 12.1 Å². The number of nitrogens with zero attached hydrogens (tertiary/aromatic N) is 2. The molecule has 112 valence electrons. The van der Waals surface area contributed by atoms with Gasteiger partial charge in [0.15, 0.2) is 5.69 Å². The standard InChI is InChI=1S/C11H7BrF4N4O/c12-6-3-5(13)1-2-7(6)21-9-4-8(11(14,15)16)18-10(19-9)20-17/h1-4H,17H2,(H,18,19,20). The van der Waals surface area contributed by atoms with E-state index in [0.29, 0.717) is 6.07 Å². The largest absolute Gasteiger partial charge is 0.438 e. The van der Waals surface area contributed by atoms with Crippen molar-refractivity contribution in [1.82, 2.24) is 9.97 Å². The van der Waals surface area contributed by atoms with Crippen LogP contribution in [0.1, 0.15) is 5.69 Å². The number of halogens is 5. The number of ether oxygens (including phenoxy) is 1. The molecule has 0 spiro atoms. The van der Waals surface area contributed by atoms with Crippen molar-refractivity contribution in [2.75, 3.05) is 5.43 Å². The van der Waals surface area contributed by atoms with Gasteiger partial charge >= 0.3 is 6.18 Å². The molecule has 0 saturated carbocycles. The summed E-state index contributed by atoms with van der Waals surface area (Å²) < 4.78 is 56.4. The fourth-order valence-electron chi connectivity index (χ4n) is 1.36. The lowest BCUT2D eigenvalue weighted by Gasteiger charge is -2.11. The van der Waals surface area contributed by atoms with Crippen molar-refractivity contribution in [1.29, 1.82) is 0 Å². The Morgan fingerprint density at radius 1 is 1.19 bits per heavy atom. The maximum Gasteiger partial charge on any atom is 0.433 e. The van der Waals surface area contributed by atoms with E-state index in [1.807, 2.05) is 5.43 Å². The summed E-state index contributed by atoms with van der Waals surface area (Å²) >= 11 is 3.03. The SMILES string of the molecule is NNc1nc(Oc2ccc(F)cc2Br)cc(C(F)(F)F)n1. The van der Waals surface area contributed by atoms with Gasteiger partial charge in [0.05, 0.1) is 4.47 Å². The highest BCUT2D eigenvalue weighted by atomic mass is 79.9. The zero-order valence-electron chi connectivity index (χ0n) is 10.1. The lowest BCUT2D eigenvalue weighted by Crippen LogP contribution is -2.15. The Kier molecular flexibility index (Phi) is 4.28. The number of hydrogen-bond acceptors (Lipinski definition) is 5. The molecule has 2 aromatic rings. The second-order valence-electron chi connectivity index (χ2n) is 3.73. The molecule has 0 saturated heterocycles. The first-order chi connectivity index (χ1) is 9.79. The Hall–Kier alpha value is -1.94. The second kappa shape index (κ2) is 5.82. The predicted octanol–water partition coefficient (Wildman–Crippen LogP) is 3.47. The molecule has 1 aromatic carbocycles. The monoisotopic (exact) mass is 366 g/mol. The van der Waals surface area contributed by atoms with Crippen LogP contribution in [0.4, 0.5) is 23.5 Å². The van der Waals surface area contributed by atoms with Crippen molar-refractivity contribution in [2.45, 2.75) is 6.18 Å². The number of benzene rings is 1. The summed E-state index contributed by atoms with van der Waals surface area (Å²) in [5.74, 6) is 3.72. The van der Waals surface area contributed by atoms with E-state index in [1.54, 1.807) is 0 Å². The highest BCUT2D eigenvalue weighted by Crippen LogP contribution is 2.33. The molecule has 0 unspecified atom stereocenters. The number of rotatable bonds is 3. The molecular formula is C11H7BrF4N4O. The van der Waals surface area contributed by atoms with Gasteiger partial charge in [0.1, 0.15) is 11.6 Å². The highest BCUT2D eigenvalue weighted by molar-refractivity contribution is 9.10. The molecule has 2 rings (SSSR count). The second-order valence-corrected chi connectivity index (χ2v) is 4.59. The molecule has 0 bridgehead atoms. The number of alkyl halides is 3. The van der Waals surface area contributed by atoms with E-state index in [1.165, 1.54) is 6.07 Å². The quantitative estimate of drug-likeness (QED) is 0.494. The number of hydrazine groups is 1. The van der Waals surface area contributed by atoms with Crippen molar-refractivity contribution in [2.24, 2.45) is 5.84 Å². The van der Waals surface area contributed by atoms with Crippen LogP contribution in [-0.2, 0) is 6.18 Å². The molecule has 21 heavy (non-hydrogen) atoms. The zero-order valence-corrected chi connectivity index (χ0v) is 11.7. The van der Waals surface area contributed by atoms with Crippen LogP contribution >= 0.6 is 15.9 Å². The maximum absolute atomic E-state index is 12.9. The number of aromatic nitrogens is 2. The Balaban J connectivity index is 2.39. The number of nitrogen functional groups attached to an aromatic ring is 1. The van der Waals surface area contributed by atoms with E-state index in [-0.39, 0.29) is 10.2 Å². The average molecular weight is 367 g/mol. The summed E-state index contributed by atoms with van der Waals surface area (Å²) in [4.78, 5) is 6.82. The predicted molar refractivity (Wildman–Crippen MR) is 69.0 cm³/mol. The first-order valence-corrected chi connectivity index (χ1v) is 6.14. The molecule has 1 aromatic heterocycles. The topological polar surface area (TPSA) is 73.1 Å². The summed E-state index contributed by atoms with van der Waals surface area (Å²) in [7, 11) is 0. The van der Waals surface area contributed by atoms with Gasteiger partial charge in [-0.2, -0.15) is 18.2 Å². The van der Waals surface area contributed by atoms with Gasteiger partial charge in [-0.1, -0.05) is 0 Å². The number of nitrogens with one attached hydrogen (secondary N) is 1. The molecule has 0 aliphatic heterocycles. The van der Waals surface area contributed by atoms with Crippen molar-refractivity contribution < 1.29 is 22.3 Å². The third-order valence-corrected chi connectivity index (χ3v) is 2.85. The summed E-state index contributed by atoms with van der Waals surface area (Å²) in [5, 5.41) is 0. The fraction of sp³-hybridized carbons (Fsp3) is 0.0909. The summed E-state index contributed by atoms with van der Waals surface area (Å²) in [6.45, 7) is 0. The van der Waals surface area contributed by atoms with Crippen LogP contribution in [0.25, 0.3) is 0 Å². The molecule has 0 radical (unpaired) electrons. The highest BCUT2D eigenvalue weighted by Gasteiger charge is 2.34. The average Bonchev–Trinajstić information content (AvgIpc) is 2.40. The Bertz CT molecular complexity index is 665. The number of hydrogen-bond donors (Lipinski definition) is 2. The Morgan fingerprint density at radius 3 is 2.48 bits per heavy atom. The van der Waals surface area contributed by atoms with Gasteiger partial charge in [-0.05, 0) is 34.1 Å². The Morgan fingerprint density at radius 2 is 1.90 bits per heavy atom. The zero-order chi connectivity index (χ0) is 15.6. The van der Waals surface area contributed by atoms with Gasteiger partial charge < -0.3 is 4.74 Å². The Labute approximate surface area is 124 Å². The van der Waals surface area contributed by atoms with E-state index in [4.69, 9.17) is 10.6 Å². The lowest BCUT2D eigenvalue weighted by molar-refractivity contribution is -0.141. The minimum atomic E-state index is -4.69. The van der Waals surface area contributed by atoms with Crippen molar-refractivity contribution in [3.05, 3.63) is 40.2 Å². The molecule has 5 nitrogen and oxygen atoms in total. The molecule has 1 heterocycles. The molecule has 0 amide bonds. The number of nitrogens with two attached hydrogens (primary N) is 1. The van der Waals surface area contributed by atoms with Gasteiger partial charge in [0.2, 0.25) is 11.8 Å². The lowest BCUT2D eigenvalue weighted by atomic mass is 10.3. The van der Waals surface area contributed by atoms with Crippen LogP contribution in [0.2, 0.25) is 0 Å². The van der Waals surface area contributed by atoms with Gasteiger partial charge in [-0.3, -0.25) is 5.43 Å². The van der Waals surface area contributed by atoms with Gasteiger partial charge in [-0.25, -0.2) is 15.2 Å². The van der Waals surface area contributed by atoms with E-state index < -0.39 is 29.5 Å². The van der Waals surface area contributed by atoms with Crippen LogP contribution in [0, 0.1) is 5.82 Å². The number of anilines is 1. The van der Waals surface area contributed by atoms with Crippen molar-refractivity contribution >= 4 is 21.9 Å². The van der Waals surface area contributed by atoms with Gasteiger partial charge in [0.25, 0.3) is 0 Å². The van der Waals surface area contributed by atoms with Crippen LogP contribution < -0.4 is 16.0 Å². The molecule has 10 heteroatoms. The third kappa shape index (κ3) is 3.79. The minimum absolute atomic E-state index is 0.0891. The van der Waals surface area contributed by atoms with Crippen LogP contribution in [0.3, 0.4) is 0 Å². The maximum atomic E-state index is 12.9. The van der Waals surface area contributed by atoms with E-state index >= 15 is 0 Å².